The van der Waals surface area contributed by atoms with Gasteiger partial charge < -0.3 is 9.05 Å². The van der Waals surface area contributed by atoms with Crippen LogP contribution in [0.1, 0.15) is 34.6 Å². The van der Waals surface area contributed by atoms with Crippen molar-refractivity contribution >= 4 is 7.60 Å². The first kappa shape index (κ1) is 13.2. The molecule has 0 aromatic rings. The molecule has 0 amide bonds. The average Bonchev–Trinajstić information content (AvgIpc) is 1.82. The monoisotopic (exact) mass is 207 g/mol. The van der Waals surface area contributed by atoms with E-state index in [1.807, 2.05) is 34.6 Å². The first-order valence-corrected chi connectivity index (χ1v) is 6.20. The second-order valence-electron chi connectivity index (χ2n) is 3.87. The van der Waals surface area contributed by atoms with Gasteiger partial charge in [-0.15, -0.1) is 0 Å². The summed E-state index contributed by atoms with van der Waals surface area (Å²) in [6.07, 6.45) is 1.66. The Kier molecular flexibility index (Phi) is 5.19. The van der Waals surface area contributed by atoms with Gasteiger partial charge in [0.25, 0.3) is 0 Å². The summed E-state index contributed by atoms with van der Waals surface area (Å²) in [4.78, 5) is 0. The van der Waals surface area contributed by atoms with Gasteiger partial charge in [0.05, 0.1) is 19.4 Å². The van der Waals surface area contributed by atoms with Crippen LogP contribution in [0.4, 0.5) is 0 Å². The summed E-state index contributed by atoms with van der Waals surface area (Å²) in [5, 5.41) is 0. The Balaban J connectivity index is 4.33. The van der Waals surface area contributed by atoms with Crippen LogP contribution in [-0.4, -0.2) is 13.2 Å². The first-order chi connectivity index (χ1) is 5.83. The standard InChI is InChI=1S/C9H20O3P/c1-6-11-13(10,12-7-2)8-9(3,4)5/h8H,6-7H2,1-5H3. The molecule has 0 spiro atoms. The smallest absolute Gasteiger partial charge is 0.309 e. The maximum Gasteiger partial charge on any atom is 0.335 e. The number of rotatable bonds is 5. The highest BCUT2D eigenvalue weighted by atomic mass is 31.2. The summed E-state index contributed by atoms with van der Waals surface area (Å²) in [6, 6.07) is 0. The Labute approximate surface area is 81.3 Å². The highest BCUT2D eigenvalue weighted by molar-refractivity contribution is 7.56. The van der Waals surface area contributed by atoms with Gasteiger partial charge in [-0.25, -0.2) is 0 Å². The quantitative estimate of drug-likeness (QED) is 0.647. The lowest BCUT2D eigenvalue weighted by Crippen LogP contribution is -2.09. The summed E-state index contributed by atoms with van der Waals surface area (Å²) < 4.78 is 22.2. The molecule has 0 aliphatic carbocycles. The van der Waals surface area contributed by atoms with E-state index < -0.39 is 7.60 Å². The summed E-state index contributed by atoms with van der Waals surface area (Å²) in [5.74, 6) is 0. The second kappa shape index (κ2) is 5.14. The molecule has 13 heavy (non-hydrogen) atoms. The zero-order chi connectivity index (χ0) is 10.5. The largest absolute Gasteiger partial charge is 0.335 e. The zero-order valence-electron chi connectivity index (χ0n) is 9.16. The molecule has 0 N–H and O–H groups in total. The van der Waals surface area contributed by atoms with E-state index in [0.717, 1.165) is 0 Å². The van der Waals surface area contributed by atoms with E-state index in [0.29, 0.717) is 13.2 Å². The van der Waals surface area contributed by atoms with Gasteiger partial charge in [0.1, 0.15) is 0 Å². The lowest BCUT2D eigenvalue weighted by atomic mass is 10.0. The van der Waals surface area contributed by atoms with Crippen molar-refractivity contribution in [3.63, 3.8) is 0 Å². The second-order valence-corrected chi connectivity index (χ2v) is 5.72. The van der Waals surface area contributed by atoms with Crippen LogP contribution in [0.15, 0.2) is 0 Å². The van der Waals surface area contributed by atoms with Crippen LogP contribution >= 0.6 is 7.60 Å². The van der Waals surface area contributed by atoms with Crippen molar-refractivity contribution in [3.05, 3.63) is 6.16 Å². The normalized spacial score (nSPS) is 13.3. The van der Waals surface area contributed by atoms with Crippen LogP contribution in [0, 0.1) is 11.6 Å². The van der Waals surface area contributed by atoms with Crippen LogP contribution < -0.4 is 0 Å². The van der Waals surface area contributed by atoms with E-state index in [-0.39, 0.29) is 5.41 Å². The summed E-state index contributed by atoms with van der Waals surface area (Å²) in [5.41, 5.74) is -0.153. The third-order valence-corrected chi connectivity index (χ3v) is 3.49. The van der Waals surface area contributed by atoms with Crippen LogP contribution in [0.5, 0.6) is 0 Å². The van der Waals surface area contributed by atoms with Crippen molar-refractivity contribution in [1.82, 2.24) is 0 Å². The number of hydrogen-bond acceptors (Lipinski definition) is 3. The molecule has 79 valence electrons. The van der Waals surface area contributed by atoms with Crippen LogP contribution in [0.25, 0.3) is 0 Å². The maximum absolute atomic E-state index is 11.9. The van der Waals surface area contributed by atoms with Gasteiger partial charge in [0.15, 0.2) is 0 Å². The molecule has 0 saturated heterocycles. The van der Waals surface area contributed by atoms with Crippen molar-refractivity contribution < 1.29 is 13.6 Å². The molecule has 0 aromatic carbocycles. The fourth-order valence-electron chi connectivity index (χ4n) is 0.946. The lowest BCUT2D eigenvalue weighted by molar-refractivity contribution is 0.219. The van der Waals surface area contributed by atoms with Crippen molar-refractivity contribution in [2.75, 3.05) is 13.2 Å². The fraction of sp³-hybridized carbons (Fsp3) is 0.889. The van der Waals surface area contributed by atoms with Crippen molar-refractivity contribution in [3.8, 4) is 0 Å². The minimum Gasteiger partial charge on any atom is -0.309 e. The molecular formula is C9H20O3P. The van der Waals surface area contributed by atoms with Gasteiger partial charge >= 0.3 is 7.60 Å². The molecule has 0 saturated carbocycles. The predicted octanol–water partition coefficient (Wildman–Crippen LogP) is 3.46. The summed E-state index contributed by atoms with van der Waals surface area (Å²) >= 11 is 0. The fourth-order valence-corrected chi connectivity index (χ4v) is 2.84. The Bertz CT molecular complexity index is 174. The highest BCUT2D eigenvalue weighted by Gasteiger charge is 2.30. The Morgan fingerprint density at radius 1 is 1.15 bits per heavy atom. The van der Waals surface area contributed by atoms with Gasteiger partial charge in [-0.3, -0.25) is 4.57 Å². The zero-order valence-corrected chi connectivity index (χ0v) is 10.1. The molecule has 0 bridgehead atoms. The molecule has 0 fully saturated rings. The lowest BCUT2D eigenvalue weighted by Gasteiger charge is -2.24. The van der Waals surface area contributed by atoms with E-state index in [1.165, 1.54) is 0 Å². The van der Waals surface area contributed by atoms with Gasteiger partial charge in [0, 0.05) is 0 Å². The first-order valence-electron chi connectivity index (χ1n) is 4.59. The summed E-state index contributed by atoms with van der Waals surface area (Å²) in [6.45, 7) is 10.3. The molecule has 0 heterocycles. The van der Waals surface area contributed by atoms with Gasteiger partial charge in [-0.05, 0) is 19.3 Å². The van der Waals surface area contributed by atoms with E-state index in [9.17, 15) is 4.57 Å². The summed E-state index contributed by atoms with van der Waals surface area (Å²) in [7, 11) is -2.97. The molecule has 0 aliphatic rings. The van der Waals surface area contributed by atoms with Crippen LogP contribution in [0.2, 0.25) is 0 Å². The predicted molar refractivity (Wildman–Crippen MR) is 54.6 cm³/mol. The molecule has 3 nitrogen and oxygen atoms in total. The molecule has 0 unspecified atom stereocenters. The van der Waals surface area contributed by atoms with E-state index in [2.05, 4.69) is 0 Å². The third kappa shape index (κ3) is 6.25. The molecular weight excluding hydrogens is 187 g/mol. The minimum atomic E-state index is -2.97. The van der Waals surface area contributed by atoms with Crippen molar-refractivity contribution in [2.24, 2.45) is 5.41 Å². The van der Waals surface area contributed by atoms with Crippen molar-refractivity contribution in [2.45, 2.75) is 34.6 Å². The van der Waals surface area contributed by atoms with Gasteiger partial charge in [0.2, 0.25) is 0 Å². The topological polar surface area (TPSA) is 35.5 Å². The SMILES string of the molecule is CCOP(=O)([CH]C(C)(C)C)OCC. The van der Waals surface area contributed by atoms with E-state index in [4.69, 9.17) is 9.05 Å². The molecule has 0 rings (SSSR count). The van der Waals surface area contributed by atoms with E-state index in [1.54, 1.807) is 6.16 Å². The Morgan fingerprint density at radius 3 is 1.77 bits per heavy atom. The van der Waals surface area contributed by atoms with Crippen LogP contribution in [0.3, 0.4) is 0 Å². The molecule has 0 atom stereocenters. The van der Waals surface area contributed by atoms with E-state index >= 15 is 0 Å². The molecule has 0 aliphatic heterocycles. The average molecular weight is 207 g/mol. The molecule has 1 radical (unpaired) electrons. The maximum atomic E-state index is 11.9. The van der Waals surface area contributed by atoms with Crippen molar-refractivity contribution in [1.29, 1.82) is 0 Å². The van der Waals surface area contributed by atoms with Gasteiger partial charge in [-0.1, -0.05) is 20.8 Å². The third-order valence-electron chi connectivity index (χ3n) is 1.16. The van der Waals surface area contributed by atoms with Crippen LogP contribution in [-0.2, 0) is 13.6 Å². The van der Waals surface area contributed by atoms with Gasteiger partial charge in [-0.2, -0.15) is 0 Å². The Hall–Kier alpha value is 0.150. The Morgan fingerprint density at radius 2 is 1.54 bits per heavy atom. The minimum absolute atomic E-state index is 0.153. The number of hydrogen-bond donors (Lipinski definition) is 0. The molecule has 4 heteroatoms. The highest BCUT2D eigenvalue weighted by Crippen LogP contribution is 2.55. The molecule has 0 aromatic heterocycles.